The Kier molecular flexibility index (Phi) is 5.00. The van der Waals surface area contributed by atoms with Crippen LogP contribution in [0.1, 0.15) is 34.8 Å². The molecule has 0 aliphatic carbocycles. The lowest BCUT2D eigenvalue weighted by Crippen LogP contribution is -2.46. The van der Waals surface area contributed by atoms with Gasteiger partial charge in [0.1, 0.15) is 5.75 Å². The summed E-state index contributed by atoms with van der Waals surface area (Å²) in [5.41, 5.74) is 1.58. The van der Waals surface area contributed by atoms with Crippen molar-refractivity contribution in [1.82, 2.24) is 10.3 Å². The number of methoxy groups -OCH3 is 1. The molecule has 1 fully saturated rings. The van der Waals surface area contributed by atoms with Gasteiger partial charge >= 0.3 is 0 Å². The van der Waals surface area contributed by atoms with Gasteiger partial charge in [-0.3, -0.25) is 9.78 Å². The molecule has 1 aliphatic heterocycles. The largest absolute Gasteiger partial charge is 0.496 e. The van der Waals surface area contributed by atoms with Crippen LogP contribution in [0.5, 0.6) is 5.75 Å². The highest BCUT2D eigenvalue weighted by molar-refractivity contribution is 7.91. The molecular formula is C19H22N2O4S. The number of ether oxygens (including phenoxy) is 1. The summed E-state index contributed by atoms with van der Waals surface area (Å²) in [6.45, 7) is 1.77. The fraction of sp³-hybridized carbons (Fsp3) is 0.368. The number of amides is 1. The van der Waals surface area contributed by atoms with Crippen LogP contribution in [0.15, 0.2) is 42.7 Å². The summed E-state index contributed by atoms with van der Waals surface area (Å²) < 4.78 is 28.8. The monoisotopic (exact) mass is 374 g/mol. The molecule has 1 N–H and O–H groups in total. The van der Waals surface area contributed by atoms with Crippen molar-refractivity contribution in [2.75, 3.05) is 18.6 Å². The number of hydrogen-bond donors (Lipinski definition) is 1. The fourth-order valence-electron chi connectivity index (χ4n) is 3.23. The van der Waals surface area contributed by atoms with Crippen LogP contribution in [0.25, 0.3) is 0 Å². The van der Waals surface area contributed by atoms with E-state index < -0.39 is 15.4 Å². The van der Waals surface area contributed by atoms with E-state index in [0.717, 1.165) is 16.9 Å². The number of sulfone groups is 1. The predicted octanol–water partition coefficient (Wildman–Crippen LogP) is 1.99. The Morgan fingerprint density at radius 3 is 2.77 bits per heavy atom. The minimum Gasteiger partial charge on any atom is -0.496 e. The van der Waals surface area contributed by atoms with Crippen molar-refractivity contribution < 1.29 is 17.9 Å². The van der Waals surface area contributed by atoms with Crippen LogP contribution in [0.2, 0.25) is 0 Å². The van der Waals surface area contributed by atoms with Gasteiger partial charge in [-0.15, -0.1) is 0 Å². The summed E-state index contributed by atoms with van der Waals surface area (Å²) in [6, 6.07) is 9.47. The second kappa shape index (κ2) is 7.07. The Balaban J connectivity index is 1.76. The third-order valence-electron chi connectivity index (χ3n) is 4.56. The third kappa shape index (κ3) is 4.22. The number of hydrogen-bond acceptors (Lipinski definition) is 5. The molecule has 0 unspecified atom stereocenters. The van der Waals surface area contributed by atoms with Crippen molar-refractivity contribution in [2.24, 2.45) is 0 Å². The molecule has 0 spiro atoms. The number of para-hydroxylation sites is 1. The van der Waals surface area contributed by atoms with Gasteiger partial charge < -0.3 is 10.1 Å². The van der Waals surface area contributed by atoms with Crippen molar-refractivity contribution in [3.8, 4) is 5.75 Å². The maximum Gasteiger partial charge on any atom is 0.253 e. The minimum atomic E-state index is -3.08. The van der Waals surface area contributed by atoms with E-state index in [1.807, 2.05) is 24.3 Å². The van der Waals surface area contributed by atoms with Gasteiger partial charge in [0.2, 0.25) is 0 Å². The number of carbonyl (C=O) groups excluding carboxylic acids is 1. The lowest BCUT2D eigenvalue weighted by atomic mass is 10.0. The molecule has 1 atom stereocenters. The topological polar surface area (TPSA) is 85.4 Å². The summed E-state index contributed by atoms with van der Waals surface area (Å²) in [5.74, 6) is 0.556. The van der Waals surface area contributed by atoms with Gasteiger partial charge in [0.25, 0.3) is 5.91 Å². The molecule has 7 heteroatoms. The smallest absolute Gasteiger partial charge is 0.253 e. The highest BCUT2D eigenvalue weighted by Gasteiger charge is 2.39. The van der Waals surface area contributed by atoms with E-state index in [0.29, 0.717) is 18.4 Å². The normalized spacial score (nSPS) is 21.3. The zero-order valence-electron chi connectivity index (χ0n) is 14.9. The Hall–Kier alpha value is -2.41. The first-order chi connectivity index (χ1) is 12.3. The summed E-state index contributed by atoms with van der Waals surface area (Å²) in [4.78, 5) is 16.7. The van der Waals surface area contributed by atoms with Crippen LogP contribution in [0.3, 0.4) is 0 Å². The molecule has 1 aromatic heterocycles. The molecule has 0 bridgehead atoms. The van der Waals surface area contributed by atoms with E-state index in [2.05, 4.69) is 10.3 Å². The zero-order valence-corrected chi connectivity index (χ0v) is 15.7. The summed E-state index contributed by atoms with van der Waals surface area (Å²) in [5, 5.41) is 2.86. The number of aromatic nitrogens is 1. The highest BCUT2D eigenvalue weighted by atomic mass is 32.2. The van der Waals surface area contributed by atoms with Gasteiger partial charge in [0.05, 0.1) is 29.7 Å². The van der Waals surface area contributed by atoms with E-state index in [1.54, 1.807) is 26.3 Å². The van der Waals surface area contributed by atoms with Gasteiger partial charge in [-0.1, -0.05) is 18.2 Å². The van der Waals surface area contributed by atoms with Gasteiger partial charge in [-0.2, -0.15) is 0 Å². The van der Waals surface area contributed by atoms with Crippen LogP contribution in [0, 0.1) is 0 Å². The molecule has 2 heterocycles. The molecule has 6 nitrogen and oxygen atoms in total. The Morgan fingerprint density at radius 1 is 1.31 bits per heavy atom. The molecule has 2 aromatic rings. The predicted molar refractivity (Wildman–Crippen MR) is 99.2 cm³/mol. The van der Waals surface area contributed by atoms with Gasteiger partial charge in [-0.25, -0.2) is 8.42 Å². The standard InChI is InChI=1S/C19H22N2O4S/c1-19(7-8-26(23,24)13-19)21-18(22)16-10-14(11-20-12-16)9-15-5-3-4-6-17(15)25-2/h3-6,10-12H,7-9,13H2,1-2H3,(H,21,22)/t19-/m1/s1. The molecule has 1 saturated heterocycles. The molecular weight excluding hydrogens is 352 g/mol. The number of benzene rings is 1. The van der Waals surface area contributed by atoms with Crippen molar-refractivity contribution >= 4 is 15.7 Å². The lowest BCUT2D eigenvalue weighted by molar-refractivity contribution is 0.0915. The average molecular weight is 374 g/mol. The summed E-state index contributed by atoms with van der Waals surface area (Å²) >= 11 is 0. The minimum absolute atomic E-state index is 0.0277. The maximum absolute atomic E-state index is 12.6. The van der Waals surface area contributed by atoms with Crippen molar-refractivity contribution in [3.63, 3.8) is 0 Å². The van der Waals surface area contributed by atoms with Crippen LogP contribution in [0.4, 0.5) is 0 Å². The van der Waals surface area contributed by atoms with Crippen LogP contribution >= 0.6 is 0 Å². The molecule has 1 amide bonds. The van der Waals surface area contributed by atoms with E-state index in [1.165, 1.54) is 6.20 Å². The quantitative estimate of drug-likeness (QED) is 0.865. The van der Waals surface area contributed by atoms with Crippen LogP contribution in [-0.2, 0) is 16.3 Å². The molecule has 0 saturated carbocycles. The average Bonchev–Trinajstić information content (AvgIpc) is 2.88. The first kappa shape index (κ1) is 18.4. The molecule has 26 heavy (non-hydrogen) atoms. The fourth-order valence-corrected chi connectivity index (χ4v) is 5.33. The molecule has 3 rings (SSSR count). The molecule has 138 valence electrons. The Labute approximate surface area is 153 Å². The van der Waals surface area contributed by atoms with E-state index in [-0.39, 0.29) is 17.4 Å². The Bertz CT molecular complexity index is 927. The Morgan fingerprint density at radius 2 is 2.08 bits per heavy atom. The number of rotatable bonds is 5. The molecule has 1 aliphatic rings. The zero-order chi connectivity index (χ0) is 18.8. The summed E-state index contributed by atoms with van der Waals surface area (Å²) in [7, 11) is -1.46. The number of nitrogens with one attached hydrogen (secondary N) is 1. The SMILES string of the molecule is COc1ccccc1Cc1cncc(C(=O)N[C@]2(C)CCS(=O)(=O)C2)c1. The third-order valence-corrected chi connectivity index (χ3v) is 6.47. The molecule has 1 aromatic carbocycles. The van der Waals surface area contributed by atoms with Gasteiger partial charge in [0.15, 0.2) is 9.84 Å². The van der Waals surface area contributed by atoms with Crippen molar-refractivity contribution in [2.45, 2.75) is 25.3 Å². The molecule has 0 radical (unpaired) electrons. The van der Waals surface area contributed by atoms with Gasteiger partial charge in [-0.05, 0) is 36.6 Å². The number of pyridine rings is 1. The number of carbonyl (C=O) groups is 1. The van der Waals surface area contributed by atoms with Crippen LogP contribution < -0.4 is 10.1 Å². The maximum atomic E-state index is 12.6. The highest BCUT2D eigenvalue weighted by Crippen LogP contribution is 2.24. The summed E-state index contributed by atoms with van der Waals surface area (Å²) in [6.07, 6.45) is 4.22. The second-order valence-corrected chi connectivity index (χ2v) is 9.11. The van der Waals surface area contributed by atoms with E-state index in [4.69, 9.17) is 4.74 Å². The van der Waals surface area contributed by atoms with Crippen molar-refractivity contribution in [3.05, 3.63) is 59.4 Å². The van der Waals surface area contributed by atoms with Crippen molar-refractivity contribution in [1.29, 1.82) is 0 Å². The lowest BCUT2D eigenvalue weighted by Gasteiger charge is -2.23. The van der Waals surface area contributed by atoms with E-state index in [9.17, 15) is 13.2 Å². The van der Waals surface area contributed by atoms with Crippen LogP contribution in [-0.4, -0.2) is 43.5 Å². The first-order valence-electron chi connectivity index (χ1n) is 8.39. The van der Waals surface area contributed by atoms with Gasteiger partial charge in [0, 0.05) is 18.8 Å². The number of nitrogens with zero attached hydrogens (tertiary/aromatic N) is 1. The second-order valence-electron chi connectivity index (χ2n) is 6.93. The van der Waals surface area contributed by atoms with E-state index >= 15 is 0 Å². The first-order valence-corrected chi connectivity index (χ1v) is 10.2.